The molecule has 9 nitrogen and oxygen atoms in total. The van der Waals surface area contributed by atoms with Crippen molar-refractivity contribution in [3.05, 3.63) is 59.7 Å². The van der Waals surface area contributed by atoms with E-state index in [1.165, 1.54) is 0 Å². The molecule has 204 valence electrons. The molecule has 0 unspecified atom stereocenters. The molecule has 9 heteroatoms. The lowest BCUT2D eigenvalue weighted by atomic mass is 9.99. The lowest BCUT2D eigenvalue weighted by Gasteiger charge is -2.28. The monoisotopic (exact) mass is 522 g/mol. The first-order chi connectivity index (χ1) is 18.4. The summed E-state index contributed by atoms with van der Waals surface area (Å²) < 4.78 is 0. The van der Waals surface area contributed by atoms with Gasteiger partial charge < -0.3 is 26.0 Å². The van der Waals surface area contributed by atoms with Crippen LogP contribution in [-0.2, 0) is 25.6 Å². The maximum absolute atomic E-state index is 13.4. The molecule has 2 saturated heterocycles. The third kappa shape index (κ3) is 7.54. The molecule has 2 fully saturated rings. The van der Waals surface area contributed by atoms with Gasteiger partial charge in [-0.3, -0.25) is 14.4 Å². The van der Waals surface area contributed by atoms with Gasteiger partial charge in [-0.15, -0.1) is 0 Å². The van der Waals surface area contributed by atoms with Gasteiger partial charge in [0.1, 0.15) is 12.1 Å². The summed E-state index contributed by atoms with van der Waals surface area (Å²) >= 11 is 0. The summed E-state index contributed by atoms with van der Waals surface area (Å²) in [5.41, 5.74) is 1.84. The van der Waals surface area contributed by atoms with E-state index in [2.05, 4.69) is 16.0 Å². The summed E-state index contributed by atoms with van der Waals surface area (Å²) in [6.07, 6.45) is 11.3. The average Bonchev–Trinajstić information content (AvgIpc) is 3.62. The van der Waals surface area contributed by atoms with Crippen LogP contribution in [0.25, 0.3) is 0 Å². The first kappa shape index (κ1) is 27.6. The molecule has 1 aromatic rings. The fourth-order valence-corrected chi connectivity index (χ4v) is 5.50. The highest BCUT2D eigenvalue weighted by Gasteiger charge is 2.38. The third-order valence-electron chi connectivity index (χ3n) is 7.44. The first-order valence-corrected chi connectivity index (χ1v) is 13.7. The van der Waals surface area contributed by atoms with Gasteiger partial charge in [0.25, 0.3) is 0 Å². The van der Waals surface area contributed by atoms with Crippen LogP contribution in [0.15, 0.2) is 54.1 Å². The van der Waals surface area contributed by atoms with Crippen LogP contribution < -0.4 is 16.0 Å². The molecule has 0 bridgehead atoms. The predicted octanol–water partition coefficient (Wildman–Crippen LogP) is 2.08. The summed E-state index contributed by atoms with van der Waals surface area (Å²) in [6.45, 7) is 1.35. The van der Waals surface area contributed by atoms with Crippen molar-refractivity contribution >= 4 is 23.7 Å². The number of aliphatic carboxylic acids is 1. The molecule has 0 saturated carbocycles. The highest BCUT2D eigenvalue weighted by molar-refractivity contribution is 5.91. The number of nitrogens with one attached hydrogen (secondary N) is 3. The predicted molar refractivity (Wildman–Crippen MR) is 143 cm³/mol. The summed E-state index contributed by atoms with van der Waals surface area (Å²) in [6, 6.07) is 7.14. The molecule has 38 heavy (non-hydrogen) atoms. The van der Waals surface area contributed by atoms with Gasteiger partial charge in [0.2, 0.25) is 17.7 Å². The van der Waals surface area contributed by atoms with Gasteiger partial charge in [-0.2, -0.15) is 0 Å². The van der Waals surface area contributed by atoms with Gasteiger partial charge in [0.15, 0.2) is 0 Å². The minimum Gasteiger partial charge on any atom is -0.480 e. The molecular weight excluding hydrogens is 484 g/mol. The van der Waals surface area contributed by atoms with Crippen molar-refractivity contribution in [2.75, 3.05) is 13.1 Å². The molecule has 0 radical (unpaired) electrons. The Labute approximate surface area is 223 Å². The van der Waals surface area contributed by atoms with E-state index < -0.39 is 30.0 Å². The van der Waals surface area contributed by atoms with Gasteiger partial charge in [-0.25, -0.2) is 4.79 Å². The normalized spacial score (nSPS) is 22.4. The minimum atomic E-state index is -1.09. The Kier molecular flexibility index (Phi) is 9.70. The molecule has 1 aromatic carbocycles. The number of hydrogen-bond acceptors (Lipinski definition) is 5. The van der Waals surface area contributed by atoms with Crippen LogP contribution in [0.4, 0.5) is 0 Å². The van der Waals surface area contributed by atoms with E-state index in [0.29, 0.717) is 19.4 Å². The number of rotatable bonds is 11. The quantitative estimate of drug-likeness (QED) is 0.352. The number of carbonyl (C=O) groups excluding carboxylic acids is 3. The molecule has 2 aliphatic heterocycles. The second kappa shape index (κ2) is 13.4. The Morgan fingerprint density at radius 2 is 1.84 bits per heavy atom. The molecule has 1 aliphatic carbocycles. The Morgan fingerprint density at radius 1 is 1.03 bits per heavy atom. The van der Waals surface area contributed by atoms with Crippen LogP contribution in [0.2, 0.25) is 0 Å². The zero-order valence-corrected chi connectivity index (χ0v) is 21.7. The molecule has 4 atom stereocenters. The Balaban J connectivity index is 1.41. The van der Waals surface area contributed by atoms with Gasteiger partial charge in [-0.1, -0.05) is 48.6 Å². The van der Waals surface area contributed by atoms with Crippen molar-refractivity contribution in [3.8, 4) is 0 Å². The largest absolute Gasteiger partial charge is 0.480 e. The molecule has 4 rings (SSSR count). The Bertz CT molecular complexity index is 1060. The van der Waals surface area contributed by atoms with Crippen molar-refractivity contribution in [2.45, 2.75) is 82.0 Å². The van der Waals surface area contributed by atoms with E-state index in [9.17, 15) is 24.3 Å². The molecular formula is C29H38N4O5. The van der Waals surface area contributed by atoms with E-state index in [0.717, 1.165) is 49.8 Å². The second-order valence-corrected chi connectivity index (χ2v) is 10.4. The van der Waals surface area contributed by atoms with Gasteiger partial charge in [0, 0.05) is 25.4 Å². The van der Waals surface area contributed by atoms with E-state index in [1.54, 1.807) is 4.90 Å². The summed E-state index contributed by atoms with van der Waals surface area (Å²) in [7, 11) is 0. The van der Waals surface area contributed by atoms with Crippen LogP contribution in [0, 0.1) is 0 Å². The van der Waals surface area contributed by atoms with Gasteiger partial charge in [0.05, 0.1) is 6.04 Å². The van der Waals surface area contributed by atoms with Crippen LogP contribution >= 0.6 is 0 Å². The number of likely N-dealkylation sites (tertiary alicyclic amines) is 1. The fourth-order valence-electron chi connectivity index (χ4n) is 5.50. The number of carboxylic acid groups (broad SMARTS) is 1. The van der Waals surface area contributed by atoms with Crippen molar-refractivity contribution in [1.82, 2.24) is 20.9 Å². The van der Waals surface area contributed by atoms with E-state index in [4.69, 9.17) is 0 Å². The summed E-state index contributed by atoms with van der Waals surface area (Å²) in [5, 5.41) is 18.6. The highest BCUT2D eigenvalue weighted by atomic mass is 16.4. The van der Waals surface area contributed by atoms with Crippen LogP contribution in [-0.4, -0.2) is 71.0 Å². The maximum Gasteiger partial charge on any atom is 0.326 e. The fraction of sp³-hybridized carbons (Fsp3) is 0.517. The van der Waals surface area contributed by atoms with Crippen LogP contribution in [0.1, 0.15) is 56.9 Å². The van der Waals surface area contributed by atoms with Crippen LogP contribution in [0.3, 0.4) is 0 Å². The number of nitrogens with zero attached hydrogens (tertiary/aromatic N) is 1. The smallest absolute Gasteiger partial charge is 0.326 e. The van der Waals surface area contributed by atoms with Gasteiger partial charge in [-0.05, 0) is 62.6 Å². The zero-order chi connectivity index (χ0) is 26.9. The maximum atomic E-state index is 13.4. The molecule has 2 heterocycles. The Hall–Kier alpha value is -3.46. The number of hydrogen-bond donors (Lipinski definition) is 4. The number of allylic oxidation sites excluding steroid dienone is 3. The van der Waals surface area contributed by atoms with E-state index in [-0.39, 0.29) is 30.7 Å². The number of carboxylic acids is 1. The van der Waals surface area contributed by atoms with E-state index >= 15 is 0 Å². The molecule has 3 amide bonds. The topological polar surface area (TPSA) is 128 Å². The molecule has 0 aromatic heterocycles. The Morgan fingerprint density at radius 3 is 2.53 bits per heavy atom. The average molecular weight is 523 g/mol. The van der Waals surface area contributed by atoms with Crippen molar-refractivity contribution in [1.29, 1.82) is 0 Å². The van der Waals surface area contributed by atoms with E-state index in [1.807, 2.05) is 48.6 Å². The lowest BCUT2D eigenvalue weighted by Crippen LogP contribution is -2.53. The number of carbonyl (C=O) groups is 4. The molecule has 4 N–H and O–H groups in total. The SMILES string of the molecule is O=C(C[C@H](Cc1ccccc1)NC(=O)[C@H]1CCCN1C(=O)[C@H]1CCCN1)N[C@@H](CC1=CCCC=C1)C(=O)O. The second-order valence-electron chi connectivity index (χ2n) is 10.4. The summed E-state index contributed by atoms with van der Waals surface area (Å²) in [4.78, 5) is 53.0. The first-order valence-electron chi connectivity index (χ1n) is 13.7. The van der Waals surface area contributed by atoms with Crippen molar-refractivity contribution < 1.29 is 24.3 Å². The third-order valence-corrected chi connectivity index (χ3v) is 7.44. The molecule has 0 spiro atoms. The number of amides is 3. The van der Waals surface area contributed by atoms with Crippen molar-refractivity contribution in [2.24, 2.45) is 0 Å². The standard InChI is InChI=1S/C29H38N4O5/c34-26(32-24(29(37)38)18-21-11-5-2-6-12-21)19-22(17-20-9-3-1-4-10-20)31-27(35)25-14-8-16-33(25)28(36)23-13-7-15-30-23/h1,3-5,9-12,22-25,30H,2,6-8,13-19H2,(H,31,35)(H,32,34)(H,37,38)/t22-,23+,24-,25+/m0/s1. The van der Waals surface area contributed by atoms with Crippen LogP contribution in [0.5, 0.6) is 0 Å². The van der Waals surface area contributed by atoms with Crippen molar-refractivity contribution in [3.63, 3.8) is 0 Å². The number of benzene rings is 1. The minimum absolute atomic E-state index is 0.0344. The molecule has 3 aliphatic rings. The lowest BCUT2D eigenvalue weighted by molar-refractivity contribution is -0.142. The van der Waals surface area contributed by atoms with Gasteiger partial charge >= 0.3 is 5.97 Å². The summed E-state index contributed by atoms with van der Waals surface area (Å²) in [5.74, 6) is -1.83. The zero-order valence-electron chi connectivity index (χ0n) is 21.7. The highest BCUT2D eigenvalue weighted by Crippen LogP contribution is 2.22.